The Morgan fingerprint density at radius 2 is 2.00 bits per heavy atom. The minimum absolute atomic E-state index is 0.0239. The standard InChI is InChI=1S/C22H29N3O3/c1-6-24-13-20(26)25(19(22(24)27)10-14(2)3)12-18-16(5)28-21(23-18)17-9-7-8-15(4)11-17/h7-9,11,14,19H,6,10,12-13H2,1-5H3/t19-/m0/s1. The number of likely N-dealkylation sites (N-methyl/N-ethyl adjacent to an activating group) is 1. The van der Waals surface area contributed by atoms with E-state index in [0.29, 0.717) is 42.8 Å². The van der Waals surface area contributed by atoms with E-state index in [-0.39, 0.29) is 18.4 Å². The van der Waals surface area contributed by atoms with E-state index in [0.717, 1.165) is 11.1 Å². The largest absolute Gasteiger partial charge is 0.441 e. The van der Waals surface area contributed by atoms with Crippen LogP contribution in [0.4, 0.5) is 0 Å². The summed E-state index contributed by atoms with van der Waals surface area (Å²) >= 11 is 0. The summed E-state index contributed by atoms with van der Waals surface area (Å²) < 4.78 is 5.87. The number of aryl methyl sites for hydroxylation is 2. The fraction of sp³-hybridized carbons (Fsp3) is 0.500. The van der Waals surface area contributed by atoms with E-state index >= 15 is 0 Å². The van der Waals surface area contributed by atoms with Crippen LogP contribution in [-0.4, -0.2) is 45.7 Å². The number of rotatable bonds is 6. The van der Waals surface area contributed by atoms with E-state index in [2.05, 4.69) is 18.8 Å². The lowest BCUT2D eigenvalue weighted by Crippen LogP contribution is -2.59. The number of aromatic nitrogens is 1. The van der Waals surface area contributed by atoms with E-state index < -0.39 is 6.04 Å². The topological polar surface area (TPSA) is 66.7 Å². The molecule has 0 saturated carbocycles. The van der Waals surface area contributed by atoms with Crippen LogP contribution in [0.5, 0.6) is 0 Å². The van der Waals surface area contributed by atoms with E-state index in [1.54, 1.807) is 9.80 Å². The first-order valence-corrected chi connectivity index (χ1v) is 9.91. The van der Waals surface area contributed by atoms with Gasteiger partial charge in [0, 0.05) is 12.1 Å². The maximum Gasteiger partial charge on any atom is 0.245 e. The second-order valence-electron chi connectivity index (χ2n) is 7.91. The summed E-state index contributed by atoms with van der Waals surface area (Å²) in [6.07, 6.45) is 0.642. The molecule has 1 aromatic heterocycles. The van der Waals surface area contributed by atoms with E-state index in [9.17, 15) is 9.59 Å². The Bertz CT molecular complexity index is 872. The number of carbonyl (C=O) groups is 2. The van der Waals surface area contributed by atoms with Crippen molar-refractivity contribution in [2.45, 2.75) is 53.6 Å². The molecule has 1 aromatic carbocycles. The van der Waals surface area contributed by atoms with Crippen molar-refractivity contribution < 1.29 is 14.0 Å². The van der Waals surface area contributed by atoms with Gasteiger partial charge < -0.3 is 14.2 Å². The van der Waals surface area contributed by atoms with Crippen LogP contribution in [0.3, 0.4) is 0 Å². The van der Waals surface area contributed by atoms with Crippen LogP contribution < -0.4 is 0 Å². The zero-order chi connectivity index (χ0) is 20.4. The van der Waals surface area contributed by atoms with Gasteiger partial charge in [-0.15, -0.1) is 0 Å². The molecule has 6 heteroatoms. The first kappa shape index (κ1) is 20.1. The van der Waals surface area contributed by atoms with Crippen molar-refractivity contribution >= 4 is 11.8 Å². The summed E-state index contributed by atoms with van der Waals surface area (Å²) in [7, 11) is 0. The smallest absolute Gasteiger partial charge is 0.245 e. The van der Waals surface area contributed by atoms with Crippen LogP contribution >= 0.6 is 0 Å². The number of piperazine rings is 1. The Hall–Kier alpha value is -2.63. The van der Waals surface area contributed by atoms with Crippen molar-refractivity contribution in [3.63, 3.8) is 0 Å². The molecule has 150 valence electrons. The second kappa shape index (κ2) is 8.17. The SMILES string of the molecule is CCN1CC(=O)N(Cc2nc(-c3cccc(C)c3)oc2C)[C@@H](CC(C)C)C1=O. The van der Waals surface area contributed by atoms with Crippen molar-refractivity contribution in [3.8, 4) is 11.5 Å². The quantitative estimate of drug-likeness (QED) is 0.765. The number of carbonyl (C=O) groups excluding carboxylic acids is 2. The Morgan fingerprint density at radius 3 is 2.64 bits per heavy atom. The van der Waals surface area contributed by atoms with Gasteiger partial charge in [-0.3, -0.25) is 9.59 Å². The van der Waals surface area contributed by atoms with Crippen molar-refractivity contribution in [1.82, 2.24) is 14.8 Å². The minimum Gasteiger partial charge on any atom is -0.441 e. The molecule has 1 atom stereocenters. The van der Waals surface area contributed by atoms with Crippen LogP contribution in [0.1, 0.15) is 44.2 Å². The zero-order valence-electron chi connectivity index (χ0n) is 17.4. The molecular formula is C22H29N3O3. The normalized spacial score (nSPS) is 17.7. The number of nitrogens with zero attached hydrogens (tertiary/aromatic N) is 3. The third-order valence-corrected chi connectivity index (χ3v) is 5.17. The van der Waals surface area contributed by atoms with Gasteiger partial charge in [-0.05, 0) is 45.2 Å². The first-order valence-electron chi connectivity index (χ1n) is 9.91. The van der Waals surface area contributed by atoms with Gasteiger partial charge in [0.25, 0.3) is 0 Å². The number of hydrogen-bond acceptors (Lipinski definition) is 4. The highest BCUT2D eigenvalue weighted by Crippen LogP contribution is 2.26. The molecule has 0 aliphatic carbocycles. The molecule has 3 rings (SSSR count). The Labute approximate surface area is 166 Å². The van der Waals surface area contributed by atoms with Crippen molar-refractivity contribution in [2.75, 3.05) is 13.1 Å². The fourth-order valence-corrected chi connectivity index (χ4v) is 3.63. The summed E-state index contributed by atoms with van der Waals surface area (Å²) in [6, 6.07) is 7.52. The molecule has 0 bridgehead atoms. The molecule has 0 spiro atoms. The molecule has 1 aliphatic rings. The maximum atomic E-state index is 12.9. The monoisotopic (exact) mass is 383 g/mol. The highest BCUT2D eigenvalue weighted by atomic mass is 16.4. The lowest BCUT2D eigenvalue weighted by atomic mass is 9.98. The lowest BCUT2D eigenvalue weighted by molar-refractivity contribution is -0.157. The molecule has 0 unspecified atom stereocenters. The van der Waals surface area contributed by atoms with Gasteiger partial charge in [-0.25, -0.2) is 4.98 Å². The lowest BCUT2D eigenvalue weighted by Gasteiger charge is -2.40. The summed E-state index contributed by atoms with van der Waals surface area (Å²) in [4.78, 5) is 33.6. The Balaban J connectivity index is 1.88. The summed E-state index contributed by atoms with van der Waals surface area (Å²) in [5.41, 5.74) is 2.74. The van der Waals surface area contributed by atoms with E-state index in [4.69, 9.17) is 4.42 Å². The Morgan fingerprint density at radius 1 is 1.25 bits per heavy atom. The third-order valence-electron chi connectivity index (χ3n) is 5.17. The molecular weight excluding hydrogens is 354 g/mol. The van der Waals surface area contributed by atoms with Crippen LogP contribution in [0.15, 0.2) is 28.7 Å². The average Bonchev–Trinajstić information content (AvgIpc) is 3.01. The second-order valence-corrected chi connectivity index (χ2v) is 7.91. The highest BCUT2D eigenvalue weighted by Gasteiger charge is 2.39. The van der Waals surface area contributed by atoms with Crippen molar-refractivity contribution in [1.29, 1.82) is 0 Å². The molecule has 2 aromatic rings. The van der Waals surface area contributed by atoms with Gasteiger partial charge >= 0.3 is 0 Å². The predicted octanol–water partition coefficient (Wildman–Crippen LogP) is 3.56. The molecule has 6 nitrogen and oxygen atoms in total. The minimum atomic E-state index is -0.445. The number of benzene rings is 1. The van der Waals surface area contributed by atoms with Crippen LogP contribution in [0.25, 0.3) is 11.5 Å². The van der Waals surface area contributed by atoms with E-state index in [1.165, 1.54) is 0 Å². The van der Waals surface area contributed by atoms with Gasteiger partial charge in [0.1, 0.15) is 17.5 Å². The predicted molar refractivity (Wildman–Crippen MR) is 107 cm³/mol. The molecule has 0 N–H and O–H groups in total. The van der Waals surface area contributed by atoms with Crippen LogP contribution in [-0.2, 0) is 16.1 Å². The molecule has 1 saturated heterocycles. The van der Waals surface area contributed by atoms with Crippen molar-refractivity contribution in [3.05, 3.63) is 41.3 Å². The molecule has 1 aliphatic heterocycles. The van der Waals surface area contributed by atoms with Gasteiger partial charge in [0.15, 0.2) is 0 Å². The summed E-state index contributed by atoms with van der Waals surface area (Å²) in [5, 5.41) is 0. The molecule has 1 fully saturated rings. The molecule has 2 amide bonds. The average molecular weight is 383 g/mol. The number of hydrogen-bond donors (Lipinski definition) is 0. The molecule has 28 heavy (non-hydrogen) atoms. The fourth-order valence-electron chi connectivity index (χ4n) is 3.63. The third kappa shape index (κ3) is 4.11. The summed E-state index contributed by atoms with van der Waals surface area (Å²) in [5.74, 6) is 1.52. The number of oxazole rings is 1. The molecule has 2 heterocycles. The van der Waals surface area contributed by atoms with Gasteiger partial charge in [0.2, 0.25) is 17.7 Å². The number of amides is 2. The van der Waals surface area contributed by atoms with Crippen molar-refractivity contribution in [2.24, 2.45) is 5.92 Å². The van der Waals surface area contributed by atoms with Gasteiger partial charge in [0.05, 0.1) is 13.1 Å². The first-order chi connectivity index (χ1) is 13.3. The van der Waals surface area contributed by atoms with Crippen LogP contribution in [0, 0.1) is 19.8 Å². The highest BCUT2D eigenvalue weighted by molar-refractivity contribution is 5.94. The zero-order valence-corrected chi connectivity index (χ0v) is 17.4. The molecule has 0 radical (unpaired) electrons. The van der Waals surface area contributed by atoms with E-state index in [1.807, 2.05) is 45.0 Å². The van der Waals surface area contributed by atoms with Gasteiger partial charge in [-0.2, -0.15) is 0 Å². The summed E-state index contributed by atoms with van der Waals surface area (Å²) in [6.45, 7) is 10.9. The van der Waals surface area contributed by atoms with Gasteiger partial charge in [-0.1, -0.05) is 31.5 Å². The Kier molecular flexibility index (Phi) is 5.87. The maximum absolute atomic E-state index is 12.9. The van der Waals surface area contributed by atoms with Crippen LogP contribution in [0.2, 0.25) is 0 Å².